The first-order valence-electron chi connectivity index (χ1n) is 12.1. The van der Waals surface area contributed by atoms with E-state index in [1.54, 1.807) is 0 Å². The van der Waals surface area contributed by atoms with Crippen molar-refractivity contribution in [2.45, 2.75) is 0 Å². The Morgan fingerprint density at radius 2 is 0.667 bits per heavy atom. The lowest BCUT2D eigenvalue weighted by atomic mass is 10.1. The third-order valence-electron chi connectivity index (χ3n) is 7.13. The van der Waals surface area contributed by atoms with Crippen LogP contribution in [0.15, 0.2) is 109 Å². The first kappa shape index (κ1) is 20.7. The maximum absolute atomic E-state index is 5.02. The maximum atomic E-state index is 5.02. The van der Waals surface area contributed by atoms with Crippen LogP contribution in [0.4, 0.5) is 0 Å². The fourth-order valence-corrected chi connectivity index (χ4v) is 5.36. The summed E-state index contributed by atoms with van der Waals surface area (Å²) in [6.45, 7) is 0. The van der Waals surface area contributed by atoms with E-state index in [4.69, 9.17) is 9.97 Å². The number of fused-ring (bicyclic) bond motifs is 14. The second-order valence-corrected chi connectivity index (χ2v) is 9.30. The van der Waals surface area contributed by atoms with E-state index in [9.17, 15) is 0 Å². The Labute approximate surface area is 208 Å². The summed E-state index contributed by atoms with van der Waals surface area (Å²) in [5, 5.41) is 4.80. The minimum absolute atomic E-state index is 0.930. The van der Waals surface area contributed by atoms with Crippen molar-refractivity contribution in [3.63, 3.8) is 0 Å². The van der Waals surface area contributed by atoms with Crippen molar-refractivity contribution in [1.29, 1.82) is 0 Å². The van der Waals surface area contributed by atoms with Gasteiger partial charge in [-0.15, -0.1) is 0 Å². The molecule has 0 aliphatic carbocycles. The SMILES string of the molecule is Cn1c2cc3cccc(cc4c5ccccc5c(cc5cccc(cc1c1ccccc12)n5)n4C)n3. The Kier molecular flexibility index (Phi) is 4.55. The zero-order chi connectivity index (χ0) is 24.2. The monoisotopic (exact) mass is 464 g/mol. The molecule has 2 aromatic carbocycles. The summed E-state index contributed by atoms with van der Waals surface area (Å²) in [5.74, 6) is 0. The number of rotatable bonds is 0. The second-order valence-electron chi connectivity index (χ2n) is 9.30. The second kappa shape index (κ2) is 7.92. The van der Waals surface area contributed by atoms with Gasteiger partial charge in [0.25, 0.3) is 0 Å². The molecule has 4 nitrogen and oxygen atoms in total. The molecule has 8 bridgehead atoms. The zero-order valence-corrected chi connectivity index (χ0v) is 20.2. The zero-order valence-electron chi connectivity index (χ0n) is 20.2. The maximum Gasteiger partial charge on any atom is 0.0657 e. The predicted octanol–water partition coefficient (Wildman–Crippen LogP) is 7.76. The van der Waals surface area contributed by atoms with Gasteiger partial charge in [-0.1, -0.05) is 60.7 Å². The van der Waals surface area contributed by atoms with Gasteiger partial charge in [0.15, 0.2) is 0 Å². The number of pyridine rings is 2. The van der Waals surface area contributed by atoms with Crippen molar-refractivity contribution in [1.82, 2.24) is 19.1 Å². The summed E-state index contributed by atoms with van der Waals surface area (Å²) in [6, 6.07) is 38.2. The minimum atomic E-state index is 0.930. The molecule has 0 fully saturated rings. The number of hydrogen-bond donors (Lipinski definition) is 0. The Morgan fingerprint density at radius 3 is 0.944 bits per heavy atom. The fourth-order valence-electron chi connectivity index (χ4n) is 5.36. The molecule has 0 unspecified atom stereocenters. The Balaban J connectivity index is 1.76. The molecule has 5 heterocycles. The van der Waals surface area contributed by atoms with Gasteiger partial charge in [0.1, 0.15) is 0 Å². The van der Waals surface area contributed by atoms with E-state index >= 15 is 0 Å². The molecule has 0 saturated carbocycles. The molecule has 0 N–H and O–H groups in total. The molecule has 7 rings (SSSR count). The van der Waals surface area contributed by atoms with Crippen molar-refractivity contribution >= 4 is 65.7 Å². The van der Waals surface area contributed by atoms with Crippen LogP contribution in [0.3, 0.4) is 0 Å². The van der Waals surface area contributed by atoms with Gasteiger partial charge in [-0.3, -0.25) is 0 Å². The van der Waals surface area contributed by atoms with Gasteiger partial charge in [-0.25, -0.2) is 9.97 Å². The summed E-state index contributed by atoms with van der Waals surface area (Å²) in [4.78, 5) is 10.0. The molecule has 0 saturated heterocycles. The van der Waals surface area contributed by atoms with Gasteiger partial charge in [0.2, 0.25) is 0 Å². The highest BCUT2D eigenvalue weighted by Gasteiger charge is 2.08. The normalized spacial score (nSPS) is 11.6. The van der Waals surface area contributed by atoms with Crippen LogP contribution in [0.1, 0.15) is 0 Å². The Morgan fingerprint density at radius 1 is 0.389 bits per heavy atom. The first-order chi connectivity index (χ1) is 17.7. The highest BCUT2D eigenvalue weighted by Crippen LogP contribution is 2.29. The molecule has 0 radical (unpaired) electrons. The summed E-state index contributed by atoms with van der Waals surface area (Å²) in [5.41, 5.74) is 8.23. The third-order valence-corrected chi connectivity index (χ3v) is 7.13. The molecule has 0 aliphatic rings. The molecule has 172 valence electrons. The van der Waals surface area contributed by atoms with Crippen LogP contribution in [0.2, 0.25) is 0 Å². The molecule has 0 aliphatic heterocycles. The van der Waals surface area contributed by atoms with Gasteiger partial charge in [-0.2, -0.15) is 0 Å². The molecule has 0 amide bonds. The summed E-state index contributed by atoms with van der Waals surface area (Å²) in [7, 11) is 4.23. The van der Waals surface area contributed by atoms with Crippen molar-refractivity contribution in [3.8, 4) is 0 Å². The molecular weight excluding hydrogens is 440 g/mol. The molecular formula is C32H24N4. The molecule has 4 heteroatoms. The lowest BCUT2D eigenvalue weighted by Crippen LogP contribution is -1.87. The van der Waals surface area contributed by atoms with Gasteiger partial charge in [0, 0.05) is 35.6 Å². The average molecular weight is 465 g/mol. The van der Waals surface area contributed by atoms with Gasteiger partial charge in [0.05, 0.1) is 44.1 Å². The van der Waals surface area contributed by atoms with Crippen LogP contribution in [-0.4, -0.2) is 19.1 Å². The average Bonchev–Trinajstić information content (AvgIpc) is 3.31. The molecule has 0 atom stereocenters. The van der Waals surface area contributed by atoms with Crippen molar-refractivity contribution < 1.29 is 0 Å². The molecule has 5 aromatic heterocycles. The van der Waals surface area contributed by atoms with E-state index in [0.29, 0.717) is 0 Å². The van der Waals surface area contributed by atoms with E-state index in [1.165, 1.54) is 21.5 Å². The molecule has 0 spiro atoms. The lowest BCUT2D eigenvalue weighted by Gasteiger charge is -1.99. The number of nitrogens with zero attached hydrogens (tertiary/aromatic N) is 4. The smallest absolute Gasteiger partial charge is 0.0657 e. The van der Waals surface area contributed by atoms with Crippen LogP contribution in [0, 0.1) is 0 Å². The van der Waals surface area contributed by atoms with Crippen LogP contribution in [0.25, 0.3) is 65.7 Å². The summed E-state index contributed by atoms with van der Waals surface area (Å²) < 4.78 is 4.48. The van der Waals surface area contributed by atoms with E-state index < -0.39 is 0 Å². The van der Waals surface area contributed by atoms with Crippen LogP contribution < -0.4 is 0 Å². The van der Waals surface area contributed by atoms with E-state index in [-0.39, 0.29) is 0 Å². The largest absolute Gasteiger partial charge is 0.343 e. The molecule has 7 aromatic rings. The van der Waals surface area contributed by atoms with Crippen molar-refractivity contribution in [2.24, 2.45) is 14.1 Å². The number of aryl methyl sites for hydroxylation is 2. The molecule has 36 heavy (non-hydrogen) atoms. The quantitative estimate of drug-likeness (QED) is 0.230. The van der Waals surface area contributed by atoms with Gasteiger partial charge in [-0.05, 0) is 48.5 Å². The predicted molar refractivity (Wildman–Crippen MR) is 151 cm³/mol. The first-order valence-corrected chi connectivity index (χ1v) is 12.1. The third kappa shape index (κ3) is 3.23. The van der Waals surface area contributed by atoms with Gasteiger partial charge < -0.3 is 9.13 Å². The van der Waals surface area contributed by atoms with E-state index in [1.807, 2.05) is 0 Å². The number of aromatic nitrogens is 4. The summed E-state index contributed by atoms with van der Waals surface area (Å²) >= 11 is 0. The minimum Gasteiger partial charge on any atom is -0.343 e. The van der Waals surface area contributed by atoms with E-state index in [2.05, 4.69) is 132 Å². The van der Waals surface area contributed by atoms with Crippen molar-refractivity contribution in [3.05, 3.63) is 109 Å². The topological polar surface area (TPSA) is 35.6 Å². The standard InChI is InChI=1S/C32H24N4/c1-35-29-17-21-9-7-11-23(33-21)19-31-27-15-5-6-16-28(27)32(36(31)2)20-24-12-8-10-22(34-24)18-30(35)26-14-4-3-13-25(26)29/h3-20H,1-2H3. The number of hydrogen-bond acceptors (Lipinski definition) is 2. The lowest BCUT2D eigenvalue weighted by molar-refractivity contribution is 1.01. The highest BCUT2D eigenvalue weighted by molar-refractivity contribution is 6.10. The fraction of sp³-hybridized carbons (Fsp3) is 0.0625. The van der Waals surface area contributed by atoms with E-state index in [0.717, 1.165) is 44.1 Å². The van der Waals surface area contributed by atoms with Crippen LogP contribution >= 0.6 is 0 Å². The Bertz CT molecular complexity index is 1790. The van der Waals surface area contributed by atoms with Crippen LogP contribution in [0.5, 0.6) is 0 Å². The Hall–Kier alpha value is -4.70. The van der Waals surface area contributed by atoms with Crippen molar-refractivity contribution in [2.75, 3.05) is 0 Å². The van der Waals surface area contributed by atoms with Gasteiger partial charge >= 0.3 is 0 Å². The number of benzene rings is 2. The summed E-state index contributed by atoms with van der Waals surface area (Å²) in [6.07, 6.45) is 0. The highest BCUT2D eigenvalue weighted by atomic mass is 14.9. The van der Waals surface area contributed by atoms with Crippen LogP contribution in [-0.2, 0) is 14.1 Å².